The van der Waals surface area contributed by atoms with Gasteiger partial charge in [-0.1, -0.05) is 0 Å². The monoisotopic (exact) mass is 353 g/mol. The van der Waals surface area contributed by atoms with Crippen LogP contribution in [0.4, 0.5) is 17.6 Å². The van der Waals surface area contributed by atoms with E-state index in [9.17, 15) is 22.4 Å². The van der Waals surface area contributed by atoms with Gasteiger partial charge in [-0.05, 0) is 67.1 Å². The highest BCUT2D eigenvalue weighted by Gasteiger charge is 2.39. The first-order chi connectivity index (χ1) is 11.7. The smallest absolute Gasteiger partial charge is 0.416 e. The van der Waals surface area contributed by atoms with Crippen LogP contribution in [-0.2, 0) is 6.18 Å². The van der Waals surface area contributed by atoms with Gasteiger partial charge in [0.15, 0.2) is 0 Å². The number of ether oxygens (including phenoxy) is 1. The minimum atomic E-state index is -4.59. The van der Waals surface area contributed by atoms with Crippen molar-refractivity contribution in [3.8, 4) is 11.5 Å². The van der Waals surface area contributed by atoms with Crippen molar-refractivity contribution in [2.24, 2.45) is 5.73 Å². The lowest BCUT2D eigenvalue weighted by molar-refractivity contribution is -0.138. The Bertz CT molecular complexity index is 842. The molecule has 3 nitrogen and oxygen atoms in total. The summed E-state index contributed by atoms with van der Waals surface area (Å²) in [7, 11) is 0. The van der Waals surface area contributed by atoms with Gasteiger partial charge in [-0.15, -0.1) is 0 Å². The third kappa shape index (κ3) is 3.60. The van der Waals surface area contributed by atoms with E-state index in [1.807, 2.05) is 0 Å². The Balaban J connectivity index is 2.11. The predicted molar refractivity (Wildman–Crippen MR) is 83.1 cm³/mol. The second kappa shape index (κ2) is 6.06. The van der Waals surface area contributed by atoms with Crippen LogP contribution in [-0.4, -0.2) is 5.91 Å². The van der Waals surface area contributed by atoms with Crippen LogP contribution in [0.15, 0.2) is 30.3 Å². The van der Waals surface area contributed by atoms with Crippen LogP contribution in [0.5, 0.6) is 11.5 Å². The third-order valence-corrected chi connectivity index (χ3v) is 4.10. The minimum absolute atomic E-state index is 0.0582. The number of primary amides is 1. The van der Waals surface area contributed by atoms with E-state index in [2.05, 4.69) is 0 Å². The van der Waals surface area contributed by atoms with Crippen molar-refractivity contribution in [3.05, 3.63) is 58.4 Å². The van der Waals surface area contributed by atoms with Crippen molar-refractivity contribution in [1.82, 2.24) is 0 Å². The molecule has 2 aromatic carbocycles. The lowest BCUT2D eigenvalue weighted by atomic mass is 9.98. The molecule has 0 aromatic heterocycles. The molecule has 0 atom stereocenters. The van der Waals surface area contributed by atoms with E-state index in [0.717, 1.165) is 12.1 Å². The van der Waals surface area contributed by atoms with Crippen LogP contribution in [0, 0.1) is 12.7 Å². The van der Waals surface area contributed by atoms with Gasteiger partial charge in [-0.25, -0.2) is 4.39 Å². The number of carbonyl (C=O) groups is 1. The van der Waals surface area contributed by atoms with Crippen molar-refractivity contribution < 1.29 is 27.1 Å². The standard InChI is InChI=1S/C18H15F4NO2/c1-9-6-11(19)4-5-15(9)25-16-8-12(10-2-3-10)14(18(20,21)22)7-13(16)17(23)24/h4-8,10H,2-3H2,1H3,(H2,23,24). The molecule has 0 aliphatic heterocycles. The van der Waals surface area contributed by atoms with E-state index in [1.165, 1.54) is 18.2 Å². The molecule has 1 saturated carbocycles. The summed E-state index contributed by atoms with van der Waals surface area (Å²) in [5, 5.41) is 0. The molecule has 0 radical (unpaired) electrons. The van der Waals surface area contributed by atoms with Crippen LogP contribution in [0.25, 0.3) is 0 Å². The highest BCUT2D eigenvalue weighted by molar-refractivity contribution is 5.96. The SMILES string of the molecule is Cc1cc(F)ccc1Oc1cc(C2CC2)c(C(F)(F)F)cc1C(N)=O. The maximum Gasteiger partial charge on any atom is 0.416 e. The fourth-order valence-corrected chi connectivity index (χ4v) is 2.70. The average molecular weight is 353 g/mol. The lowest BCUT2D eigenvalue weighted by Gasteiger charge is -2.18. The van der Waals surface area contributed by atoms with Gasteiger partial charge < -0.3 is 10.5 Å². The van der Waals surface area contributed by atoms with Crippen molar-refractivity contribution in [2.75, 3.05) is 0 Å². The molecular formula is C18H15F4NO2. The number of alkyl halides is 3. The zero-order valence-electron chi connectivity index (χ0n) is 13.3. The molecular weight excluding hydrogens is 338 g/mol. The van der Waals surface area contributed by atoms with Crippen molar-refractivity contribution >= 4 is 5.91 Å². The number of carbonyl (C=O) groups excluding carboxylic acids is 1. The summed E-state index contributed by atoms with van der Waals surface area (Å²) in [6.45, 7) is 1.59. The van der Waals surface area contributed by atoms with E-state index in [4.69, 9.17) is 10.5 Å². The highest BCUT2D eigenvalue weighted by atomic mass is 19.4. The molecule has 7 heteroatoms. The van der Waals surface area contributed by atoms with Gasteiger partial charge >= 0.3 is 6.18 Å². The van der Waals surface area contributed by atoms with E-state index in [1.54, 1.807) is 6.92 Å². The second-order valence-electron chi connectivity index (χ2n) is 6.08. The Morgan fingerprint density at radius 1 is 1.16 bits per heavy atom. The molecule has 0 heterocycles. The van der Waals surface area contributed by atoms with Gasteiger partial charge in [0.2, 0.25) is 0 Å². The normalized spacial score (nSPS) is 14.4. The first-order valence-corrected chi connectivity index (χ1v) is 7.65. The molecule has 0 bridgehead atoms. The molecule has 0 saturated heterocycles. The maximum atomic E-state index is 13.3. The number of hydrogen-bond donors (Lipinski definition) is 1. The van der Waals surface area contributed by atoms with E-state index in [-0.39, 0.29) is 28.5 Å². The van der Waals surface area contributed by atoms with E-state index < -0.39 is 23.5 Å². The zero-order chi connectivity index (χ0) is 18.4. The molecule has 1 amide bonds. The largest absolute Gasteiger partial charge is 0.456 e. The van der Waals surface area contributed by atoms with Crippen LogP contribution in [0.3, 0.4) is 0 Å². The van der Waals surface area contributed by atoms with E-state index in [0.29, 0.717) is 18.4 Å². The van der Waals surface area contributed by atoms with Gasteiger partial charge in [0.1, 0.15) is 17.3 Å². The highest BCUT2D eigenvalue weighted by Crippen LogP contribution is 2.48. The number of aryl methyl sites for hydroxylation is 1. The summed E-state index contributed by atoms with van der Waals surface area (Å²) >= 11 is 0. The van der Waals surface area contributed by atoms with Crippen LogP contribution in [0.1, 0.15) is 45.8 Å². The molecule has 0 spiro atoms. The van der Waals surface area contributed by atoms with Crippen LogP contribution in [0.2, 0.25) is 0 Å². The molecule has 25 heavy (non-hydrogen) atoms. The predicted octanol–water partition coefficient (Wildman–Crippen LogP) is 4.92. The summed E-state index contributed by atoms with van der Waals surface area (Å²) < 4.78 is 58.7. The molecule has 0 unspecified atom stereocenters. The average Bonchev–Trinajstić information content (AvgIpc) is 3.33. The molecule has 3 rings (SSSR count). The summed E-state index contributed by atoms with van der Waals surface area (Å²) in [5.41, 5.74) is 4.55. The fraction of sp³-hybridized carbons (Fsp3) is 0.278. The van der Waals surface area contributed by atoms with Crippen molar-refractivity contribution in [2.45, 2.75) is 31.9 Å². The maximum absolute atomic E-state index is 13.3. The zero-order valence-corrected chi connectivity index (χ0v) is 13.3. The Morgan fingerprint density at radius 2 is 1.84 bits per heavy atom. The second-order valence-corrected chi connectivity index (χ2v) is 6.08. The van der Waals surface area contributed by atoms with Crippen LogP contribution >= 0.6 is 0 Å². The number of benzene rings is 2. The Morgan fingerprint density at radius 3 is 2.36 bits per heavy atom. The van der Waals surface area contributed by atoms with Gasteiger partial charge in [-0.2, -0.15) is 13.2 Å². The molecule has 2 aromatic rings. The van der Waals surface area contributed by atoms with Gasteiger partial charge in [0.05, 0.1) is 11.1 Å². The topological polar surface area (TPSA) is 52.3 Å². The van der Waals surface area contributed by atoms with E-state index >= 15 is 0 Å². The Hall–Kier alpha value is -2.57. The summed E-state index contributed by atoms with van der Waals surface area (Å²) in [5.74, 6) is -1.52. The quantitative estimate of drug-likeness (QED) is 0.793. The molecule has 1 aliphatic rings. The third-order valence-electron chi connectivity index (χ3n) is 4.10. The van der Waals surface area contributed by atoms with Gasteiger partial charge in [0, 0.05) is 0 Å². The number of rotatable bonds is 4. The Labute approximate surface area is 141 Å². The van der Waals surface area contributed by atoms with Crippen molar-refractivity contribution in [1.29, 1.82) is 0 Å². The van der Waals surface area contributed by atoms with Gasteiger partial charge in [-0.3, -0.25) is 4.79 Å². The number of nitrogens with two attached hydrogens (primary N) is 1. The fourth-order valence-electron chi connectivity index (χ4n) is 2.70. The van der Waals surface area contributed by atoms with Gasteiger partial charge in [0.25, 0.3) is 5.91 Å². The molecule has 1 aliphatic carbocycles. The van der Waals surface area contributed by atoms with Crippen molar-refractivity contribution in [3.63, 3.8) is 0 Å². The van der Waals surface area contributed by atoms with Crippen LogP contribution < -0.4 is 10.5 Å². The lowest BCUT2D eigenvalue weighted by Crippen LogP contribution is -2.16. The minimum Gasteiger partial charge on any atom is -0.456 e. The number of halogens is 4. The Kier molecular flexibility index (Phi) is 4.18. The first-order valence-electron chi connectivity index (χ1n) is 7.65. The number of hydrogen-bond acceptors (Lipinski definition) is 2. The summed E-state index contributed by atoms with van der Waals surface area (Å²) in [6, 6.07) is 5.71. The summed E-state index contributed by atoms with van der Waals surface area (Å²) in [6.07, 6.45) is -3.30. The summed E-state index contributed by atoms with van der Waals surface area (Å²) in [4.78, 5) is 11.6. The molecule has 2 N–H and O–H groups in total. The molecule has 132 valence electrons. The molecule has 1 fully saturated rings. The number of amides is 1. The first kappa shape index (κ1) is 17.3.